The van der Waals surface area contributed by atoms with Crippen molar-refractivity contribution in [2.75, 3.05) is 25.0 Å². The Morgan fingerprint density at radius 3 is 2.12 bits per heavy atom. The van der Waals surface area contributed by atoms with Crippen LogP contribution in [0.5, 0.6) is 0 Å². The molecule has 3 aliphatic carbocycles. The van der Waals surface area contributed by atoms with Gasteiger partial charge in [-0.1, -0.05) is 25.5 Å². The van der Waals surface area contributed by atoms with Crippen LogP contribution in [0.4, 0.5) is 36.8 Å². The quantitative estimate of drug-likeness (QED) is 0.385. The van der Waals surface area contributed by atoms with Gasteiger partial charge in [-0.15, -0.1) is 0 Å². The molecule has 10 heteroatoms. The molecule has 2 fully saturated rings. The van der Waals surface area contributed by atoms with Crippen molar-refractivity contribution in [2.45, 2.75) is 57.9 Å². The molecular weight excluding hydrogens is 460 g/mol. The fourth-order valence-electron chi connectivity index (χ4n) is 5.53. The molecule has 0 aromatic heterocycles. The van der Waals surface area contributed by atoms with E-state index in [-0.39, 0.29) is 12.1 Å². The molecule has 0 spiro atoms. The number of carbonyl (C=O) groups excluding carboxylic acids is 1. The van der Waals surface area contributed by atoms with Crippen molar-refractivity contribution in [3.05, 3.63) is 41.0 Å². The summed E-state index contributed by atoms with van der Waals surface area (Å²) < 4.78 is 78.1. The molecule has 2 bridgehead atoms. The minimum absolute atomic E-state index is 0.0332. The Bertz CT molecular complexity index is 928. The number of urea groups is 1. The molecule has 1 aromatic rings. The molecule has 5 rings (SSSR count). The van der Waals surface area contributed by atoms with E-state index in [0.29, 0.717) is 36.3 Å². The third-order valence-electron chi connectivity index (χ3n) is 7.76. The maximum atomic E-state index is 13.0. The lowest BCUT2D eigenvalue weighted by atomic mass is 9.49. The summed E-state index contributed by atoms with van der Waals surface area (Å²) >= 11 is 0. The van der Waals surface area contributed by atoms with Crippen LogP contribution in [-0.2, 0) is 12.4 Å². The minimum atomic E-state index is -4.97. The standard InChI is InChI=1S/C24H29F6N3O/c1-22(2)15-4-3-14(20(22)12-15)13-33-7-5-18(6-8-33)31-21(34)32-19-10-16(23(25,26)27)9-17(11-19)24(28,29)30/h3,9-11,15,18,20H,4-8,12-13H2,1-2H3,(H2,31,32,34)/t15-,20+/m0/s1. The van der Waals surface area contributed by atoms with Crippen LogP contribution >= 0.6 is 0 Å². The maximum Gasteiger partial charge on any atom is 0.416 e. The van der Waals surface area contributed by atoms with Crippen LogP contribution < -0.4 is 10.6 Å². The Balaban J connectivity index is 1.30. The topological polar surface area (TPSA) is 44.4 Å². The molecule has 1 saturated carbocycles. The van der Waals surface area contributed by atoms with Gasteiger partial charge in [0, 0.05) is 31.4 Å². The number of allylic oxidation sites excluding steroid dienone is 1. The first-order chi connectivity index (χ1) is 15.7. The normalized spacial score (nSPS) is 25.4. The van der Waals surface area contributed by atoms with E-state index in [1.807, 2.05) is 0 Å². The van der Waals surface area contributed by atoms with Gasteiger partial charge < -0.3 is 10.6 Å². The first-order valence-corrected chi connectivity index (χ1v) is 11.5. The third kappa shape index (κ3) is 5.21. The van der Waals surface area contributed by atoms with Crippen LogP contribution in [0.3, 0.4) is 0 Å². The van der Waals surface area contributed by atoms with Gasteiger partial charge in [-0.2, -0.15) is 26.3 Å². The molecule has 0 unspecified atom stereocenters. The Morgan fingerprint density at radius 2 is 1.62 bits per heavy atom. The van der Waals surface area contributed by atoms with E-state index in [9.17, 15) is 31.1 Å². The first kappa shape index (κ1) is 24.9. The maximum absolute atomic E-state index is 13.0. The van der Waals surface area contributed by atoms with E-state index in [4.69, 9.17) is 0 Å². The Morgan fingerprint density at radius 1 is 1.03 bits per heavy atom. The molecule has 4 nitrogen and oxygen atoms in total. The van der Waals surface area contributed by atoms with Gasteiger partial charge in [0.2, 0.25) is 0 Å². The second-order valence-electron chi connectivity index (χ2n) is 10.3. The zero-order chi connectivity index (χ0) is 24.9. The van der Waals surface area contributed by atoms with Gasteiger partial charge in [-0.25, -0.2) is 4.79 Å². The Labute approximate surface area is 194 Å². The molecule has 4 aliphatic rings. The molecule has 2 atom stereocenters. The van der Waals surface area contributed by atoms with Crippen molar-refractivity contribution < 1.29 is 31.1 Å². The SMILES string of the molecule is CC1(C)[C@H]2CC=C(CN3CCC(NC(=O)Nc4cc(C(F)(F)F)cc(C(F)(F)F)c4)CC3)[C@H]1C2. The highest BCUT2D eigenvalue weighted by Crippen LogP contribution is 2.59. The lowest BCUT2D eigenvalue weighted by Crippen LogP contribution is -2.51. The lowest BCUT2D eigenvalue weighted by molar-refractivity contribution is -0.143. The van der Waals surface area contributed by atoms with Crippen molar-refractivity contribution in [1.29, 1.82) is 0 Å². The number of nitrogens with zero attached hydrogens (tertiary/aromatic N) is 1. The van der Waals surface area contributed by atoms with Crippen LogP contribution in [0, 0.1) is 17.3 Å². The van der Waals surface area contributed by atoms with E-state index < -0.39 is 35.2 Å². The van der Waals surface area contributed by atoms with Crippen LogP contribution in [-0.4, -0.2) is 36.6 Å². The summed E-state index contributed by atoms with van der Waals surface area (Å²) in [6, 6.07) is 0.0202. The first-order valence-electron chi connectivity index (χ1n) is 11.5. The number of hydrogen-bond donors (Lipinski definition) is 2. The number of nitrogens with one attached hydrogen (secondary N) is 2. The van der Waals surface area contributed by atoms with E-state index >= 15 is 0 Å². The number of halogens is 6. The van der Waals surface area contributed by atoms with Crippen molar-refractivity contribution in [3.63, 3.8) is 0 Å². The second kappa shape index (κ2) is 8.77. The molecule has 1 saturated heterocycles. The molecule has 34 heavy (non-hydrogen) atoms. The number of amides is 2. The van der Waals surface area contributed by atoms with Crippen molar-refractivity contribution in [1.82, 2.24) is 10.2 Å². The van der Waals surface area contributed by atoms with Crippen molar-refractivity contribution in [3.8, 4) is 0 Å². The molecule has 2 amide bonds. The predicted molar refractivity (Wildman–Crippen MR) is 116 cm³/mol. The highest BCUT2D eigenvalue weighted by atomic mass is 19.4. The number of alkyl halides is 6. The number of rotatable bonds is 4. The Hall–Kier alpha value is -2.23. The van der Waals surface area contributed by atoms with Gasteiger partial charge >= 0.3 is 18.4 Å². The summed E-state index contributed by atoms with van der Waals surface area (Å²) in [6.45, 7) is 7.09. The number of benzene rings is 1. The fraction of sp³-hybridized carbons (Fsp3) is 0.625. The third-order valence-corrected chi connectivity index (χ3v) is 7.76. The van der Waals surface area contributed by atoms with Gasteiger partial charge in [-0.3, -0.25) is 4.90 Å². The lowest BCUT2D eigenvalue weighted by Gasteiger charge is -2.57. The van der Waals surface area contributed by atoms with Crippen LogP contribution in [0.15, 0.2) is 29.8 Å². The summed E-state index contributed by atoms with van der Waals surface area (Å²) in [4.78, 5) is 14.7. The van der Waals surface area contributed by atoms with Crippen LogP contribution in [0.1, 0.15) is 50.7 Å². The highest BCUT2D eigenvalue weighted by Gasteiger charge is 2.51. The summed E-state index contributed by atoms with van der Waals surface area (Å²) in [5.41, 5.74) is -1.64. The monoisotopic (exact) mass is 489 g/mol. The van der Waals surface area contributed by atoms with Crippen molar-refractivity contribution in [2.24, 2.45) is 17.3 Å². The second-order valence-corrected chi connectivity index (χ2v) is 10.3. The molecule has 1 aromatic carbocycles. The molecule has 188 valence electrons. The van der Waals surface area contributed by atoms with E-state index in [2.05, 4.69) is 35.5 Å². The number of carbonyl (C=O) groups is 1. The van der Waals surface area contributed by atoms with Gasteiger partial charge in [0.05, 0.1) is 11.1 Å². The summed E-state index contributed by atoms with van der Waals surface area (Å²) in [5, 5.41) is 4.82. The summed E-state index contributed by atoms with van der Waals surface area (Å²) in [7, 11) is 0. The molecule has 2 N–H and O–H groups in total. The minimum Gasteiger partial charge on any atom is -0.335 e. The van der Waals surface area contributed by atoms with Gasteiger partial charge in [0.1, 0.15) is 0 Å². The average Bonchev–Trinajstić information content (AvgIpc) is 2.73. The molecule has 1 aliphatic heterocycles. The molecular formula is C24H29F6N3O. The zero-order valence-electron chi connectivity index (χ0n) is 19.1. The van der Waals surface area contributed by atoms with E-state index in [1.54, 1.807) is 0 Å². The molecule has 1 heterocycles. The number of anilines is 1. The van der Waals surface area contributed by atoms with E-state index in [0.717, 1.165) is 32.0 Å². The largest absolute Gasteiger partial charge is 0.416 e. The van der Waals surface area contributed by atoms with E-state index in [1.165, 1.54) is 12.0 Å². The smallest absolute Gasteiger partial charge is 0.335 e. The van der Waals surface area contributed by atoms with Crippen molar-refractivity contribution >= 4 is 11.7 Å². The van der Waals surface area contributed by atoms with Gasteiger partial charge in [0.15, 0.2) is 0 Å². The number of likely N-dealkylation sites (tertiary alicyclic amines) is 1. The average molecular weight is 490 g/mol. The van der Waals surface area contributed by atoms with Crippen LogP contribution in [0.25, 0.3) is 0 Å². The molecule has 0 radical (unpaired) electrons. The van der Waals surface area contributed by atoms with Crippen LogP contribution in [0.2, 0.25) is 0 Å². The predicted octanol–water partition coefficient (Wildman–Crippen LogP) is 6.30. The highest BCUT2D eigenvalue weighted by molar-refractivity contribution is 5.89. The van der Waals surface area contributed by atoms with Gasteiger partial charge in [0.25, 0.3) is 0 Å². The summed E-state index contributed by atoms with van der Waals surface area (Å²) in [5.74, 6) is 1.40. The van der Waals surface area contributed by atoms with Gasteiger partial charge in [-0.05, 0) is 61.1 Å². The Kier molecular flexibility index (Phi) is 6.42. The number of piperidine rings is 1. The zero-order valence-corrected chi connectivity index (χ0v) is 19.1. The number of hydrogen-bond acceptors (Lipinski definition) is 2. The number of fused-ring (bicyclic) bond motifs is 1. The fourth-order valence-corrected chi connectivity index (χ4v) is 5.53. The summed E-state index contributed by atoms with van der Waals surface area (Å²) in [6.07, 6.45) is -3.87.